The molecule has 1 N–H and O–H groups in total. The molecule has 10 nitrogen and oxygen atoms in total. The van der Waals surface area contributed by atoms with E-state index in [0.717, 1.165) is 36.4 Å². The number of alkyl halides is 2. The number of H-pyrrole nitrogens is 1. The number of amides is 1. The lowest BCUT2D eigenvalue weighted by Gasteiger charge is -2.45. The highest BCUT2D eigenvalue weighted by atomic mass is 19.3. The highest BCUT2D eigenvalue weighted by molar-refractivity contribution is 6.00. The van der Waals surface area contributed by atoms with E-state index in [2.05, 4.69) is 56.9 Å². The zero-order valence-corrected chi connectivity index (χ0v) is 26.6. The molecule has 7 rings (SSSR count). The third kappa shape index (κ3) is 7.07. The number of anilines is 1. The summed E-state index contributed by atoms with van der Waals surface area (Å²) in [5.74, 6) is -1.35. The molecule has 0 bridgehead atoms. The first-order valence-electron chi connectivity index (χ1n) is 15.9. The van der Waals surface area contributed by atoms with Crippen LogP contribution < -0.4 is 9.64 Å². The lowest BCUT2D eigenvalue weighted by molar-refractivity contribution is -0.129. The van der Waals surface area contributed by atoms with Crippen molar-refractivity contribution in [3.8, 4) is 22.9 Å². The van der Waals surface area contributed by atoms with E-state index in [-0.39, 0.29) is 37.9 Å². The van der Waals surface area contributed by atoms with E-state index in [4.69, 9.17) is 4.74 Å². The first kappa shape index (κ1) is 32.4. The van der Waals surface area contributed by atoms with Crippen molar-refractivity contribution in [3.63, 3.8) is 0 Å². The second-order valence-corrected chi connectivity index (χ2v) is 13.1. The number of nitriles is 1. The van der Waals surface area contributed by atoms with Crippen molar-refractivity contribution in [1.82, 2.24) is 30.0 Å². The summed E-state index contributed by atoms with van der Waals surface area (Å²) in [6.45, 7) is 8.34. The Kier molecular flexibility index (Phi) is 9.14. The van der Waals surface area contributed by atoms with Gasteiger partial charge in [0, 0.05) is 36.4 Å². The molecule has 2 aliphatic heterocycles. The van der Waals surface area contributed by atoms with Crippen LogP contribution in [0.4, 0.5) is 18.9 Å². The normalized spacial score (nSPS) is 19.4. The number of carbonyl (C=O) groups is 1. The molecule has 1 unspecified atom stereocenters. The first-order chi connectivity index (χ1) is 22.5. The maximum absolute atomic E-state index is 13.2. The summed E-state index contributed by atoms with van der Waals surface area (Å²) in [6.07, 6.45) is 7.07. The Bertz CT molecular complexity index is 1800. The van der Waals surface area contributed by atoms with Crippen LogP contribution in [0.25, 0.3) is 22.2 Å². The Morgan fingerprint density at radius 3 is 2.64 bits per heavy atom. The Morgan fingerprint density at radius 2 is 1.96 bits per heavy atom. The van der Waals surface area contributed by atoms with Crippen LogP contribution in [-0.2, 0) is 17.8 Å². The van der Waals surface area contributed by atoms with Gasteiger partial charge in [0.1, 0.15) is 17.6 Å². The van der Waals surface area contributed by atoms with E-state index < -0.39 is 11.7 Å². The molecule has 0 radical (unpaired) electrons. The number of hydrogen-bond donors (Lipinski definition) is 1. The molecule has 2 fully saturated rings. The Labute approximate surface area is 271 Å². The van der Waals surface area contributed by atoms with Crippen molar-refractivity contribution < 1.29 is 22.7 Å². The first-order valence-corrected chi connectivity index (χ1v) is 15.9. The monoisotopic (exact) mass is 646 g/mol. The van der Waals surface area contributed by atoms with Gasteiger partial charge in [-0.2, -0.15) is 10.4 Å². The standard InChI is InChI=1S/C24H20FN7O2.C10H17F2N/c1-13(2)5-18-16(7-26)23(17-10-29-31-24(17)30-18)14-3-4-19-20(6-14)34-12-22(33)32(19)11-21-27-8-15(25)9-28-21;1-8-3-2-4-13(7-8)9-5-10(11,12)6-9/h3-4,6,8-10,13H,5,11-12H2,1-2H3,(H,29,30,31);8-9H,2-7H2,1H3. The molecule has 1 aliphatic carbocycles. The van der Waals surface area contributed by atoms with E-state index in [1.165, 1.54) is 17.7 Å². The average molecular weight is 647 g/mol. The van der Waals surface area contributed by atoms with Crippen LogP contribution in [0.1, 0.15) is 63.5 Å². The van der Waals surface area contributed by atoms with Crippen molar-refractivity contribution in [2.75, 3.05) is 24.6 Å². The number of benzene rings is 1. The molecule has 1 atom stereocenters. The minimum absolute atomic E-state index is 0.0814. The van der Waals surface area contributed by atoms with Gasteiger partial charge in [-0.3, -0.25) is 19.7 Å². The molecule has 1 saturated carbocycles. The van der Waals surface area contributed by atoms with Crippen LogP contribution in [-0.4, -0.2) is 67.6 Å². The molecule has 3 aliphatic rings. The third-order valence-electron chi connectivity index (χ3n) is 8.83. The Morgan fingerprint density at radius 1 is 1.19 bits per heavy atom. The number of nitrogens with zero attached hydrogens (tertiary/aromatic N) is 7. The summed E-state index contributed by atoms with van der Waals surface area (Å²) in [5, 5.41) is 17.8. The summed E-state index contributed by atoms with van der Waals surface area (Å²) >= 11 is 0. The van der Waals surface area contributed by atoms with Gasteiger partial charge < -0.3 is 4.74 Å². The fraction of sp³-hybridized carbons (Fsp3) is 0.471. The molecule has 5 heterocycles. The molecule has 3 aromatic heterocycles. The zero-order valence-electron chi connectivity index (χ0n) is 26.6. The Balaban J connectivity index is 0.000000248. The van der Waals surface area contributed by atoms with E-state index in [1.807, 2.05) is 12.1 Å². The van der Waals surface area contributed by atoms with Crippen LogP contribution in [0.2, 0.25) is 0 Å². The van der Waals surface area contributed by atoms with E-state index in [9.17, 15) is 23.2 Å². The molecule has 1 amide bonds. The van der Waals surface area contributed by atoms with E-state index in [0.29, 0.717) is 58.0 Å². The Hall–Kier alpha value is -4.57. The van der Waals surface area contributed by atoms with Gasteiger partial charge in [0.05, 0.1) is 42.1 Å². The van der Waals surface area contributed by atoms with Gasteiger partial charge in [0.25, 0.3) is 11.8 Å². The van der Waals surface area contributed by atoms with Crippen LogP contribution in [0.5, 0.6) is 5.75 Å². The third-order valence-corrected chi connectivity index (χ3v) is 8.83. The molecule has 1 saturated heterocycles. The average Bonchev–Trinajstić information content (AvgIpc) is 3.49. The van der Waals surface area contributed by atoms with Crippen LogP contribution in [0.15, 0.2) is 36.8 Å². The predicted molar refractivity (Wildman–Crippen MR) is 169 cm³/mol. The van der Waals surface area contributed by atoms with Gasteiger partial charge >= 0.3 is 0 Å². The maximum Gasteiger partial charge on any atom is 0.265 e. The lowest BCUT2D eigenvalue weighted by Crippen LogP contribution is -2.53. The smallest absolute Gasteiger partial charge is 0.265 e. The SMILES string of the molecule is CC(C)Cc1nc2[nH]ncc2c(-c2ccc3c(c2)OCC(=O)N3Cc2ncc(F)cn2)c1C#N.CC1CCCN(C2CC(F)(F)C2)C1. The molecule has 246 valence electrons. The number of hydrogen-bond acceptors (Lipinski definition) is 8. The number of aromatic nitrogens is 5. The largest absolute Gasteiger partial charge is 0.482 e. The number of ether oxygens (including phenoxy) is 1. The minimum Gasteiger partial charge on any atom is -0.482 e. The number of fused-ring (bicyclic) bond motifs is 2. The summed E-state index contributed by atoms with van der Waals surface area (Å²) in [7, 11) is 0. The van der Waals surface area contributed by atoms with E-state index >= 15 is 0 Å². The quantitative estimate of drug-likeness (QED) is 0.268. The molecule has 1 aromatic carbocycles. The molecule has 47 heavy (non-hydrogen) atoms. The highest BCUT2D eigenvalue weighted by Crippen LogP contribution is 2.42. The number of halogens is 3. The van der Waals surface area contributed by atoms with Crippen LogP contribution >= 0.6 is 0 Å². The van der Waals surface area contributed by atoms with Crippen LogP contribution in [0, 0.1) is 29.0 Å². The van der Waals surface area contributed by atoms with Gasteiger partial charge in [-0.25, -0.2) is 28.1 Å². The minimum atomic E-state index is -2.36. The van der Waals surface area contributed by atoms with Crippen molar-refractivity contribution in [2.24, 2.45) is 11.8 Å². The summed E-state index contributed by atoms with van der Waals surface area (Å²) in [4.78, 5) is 28.9. The summed E-state index contributed by atoms with van der Waals surface area (Å²) in [6, 6.07) is 7.91. The maximum atomic E-state index is 13.2. The van der Waals surface area contributed by atoms with Crippen molar-refractivity contribution in [3.05, 3.63) is 59.7 Å². The van der Waals surface area contributed by atoms with Gasteiger partial charge in [0.15, 0.2) is 18.1 Å². The highest BCUT2D eigenvalue weighted by Gasteiger charge is 2.48. The number of nitrogens with one attached hydrogen (secondary N) is 1. The topological polar surface area (TPSA) is 124 Å². The van der Waals surface area contributed by atoms with Crippen molar-refractivity contribution in [2.45, 2.75) is 71.4 Å². The van der Waals surface area contributed by atoms with Gasteiger partial charge in [-0.1, -0.05) is 26.8 Å². The summed E-state index contributed by atoms with van der Waals surface area (Å²) in [5.41, 5.74) is 3.81. The number of piperidine rings is 1. The van der Waals surface area contributed by atoms with Gasteiger partial charge in [-0.15, -0.1) is 0 Å². The number of carbonyl (C=O) groups excluding carboxylic acids is 1. The number of aromatic amines is 1. The fourth-order valence-electron chi connectivity index (χ4n) is 6.51. The number of rotatable bonds is 6. The molecular weight excluding hydrogens is 609 g/mol. The van der Waals surface area contributed by atoms with Gasteiger partial charge in [-0.05, 0) is 55.3 Å². The molecular formula is C34H37F3N8O2. The molecule has 13 heteroatoms. The lowest BCUT2D eigenvalue weighted by atomic mass is 9.85. The van der Waals surface area contributed by atoms with Crippen LogP contribution in [0.3, 0.4) is 0 Å². The van der Waals surface area contributed by atoms with E-state index in [1.54, 1.807) is 12.3 Å². The van der Waals surface area contributed by atoms with Crippen molar-refractivity contribution in [1.29, 1.82) is 5.26 Å². The molecule has 4 aromatic rings. The predicted octanol–water partition coefficient (Wildman–Crippen LogP) is 6.07. The van der Waals surface area contributed by atoms with Crippen molar-refractivity contribution >= 4 is 22.6 Å². The second kappa shape index (κ2) is 13.3. The van der Waals surface area contributed by atoms with Gasteiger partial charge in [0.2, 0.25) is 0 Å². The number of pyridine rings is 1. The zero-order chi connectivity index (χ0) is 33.3. The summed E-state index contributed by atoms with van der Waals surface area (Å²) < 4.78 is 44.1. The fourth-order valence-corrected chi connectivity index (χ4v) is 6.51. The molecule has 0 spiro atoms. The second-order valence-electron chi connectivity index (χ2n) is 13.1. The number of likely N-dealkylation sites (tertiary alicyclic amines) is 1.